The van der Waals surface area contributed by atoms with Crippen molar-refractivity contribution in [2.45, 2.75) is 33.2 Å². The molecule has 0 unspecified atom stereocenters. The zero-order chi connectivity index (χ0) is 18.5. The molecule has 2 aromatic heterocycles. The summed E-state index contributed by atoms with van der Waals surface area (Å²) in [4.78, 5) is 16.4. The van der Waals surface area contributed by atoms with E-state index in [0.717, 1.165) is 12.1 Å². The number of benzene rings is 1. The third-order valence-corrected chi connectivity index (χ3v) is 4.11. The highest BCUT2D eigenvalue weighted by molar-refractivity contribution is 6.33. The van der Waals surface area contributed by atoms with E-state index in [2.05, 4.69) is 29.2 Å². The van der Waals surface area contributed by atoms with Crippen LogP contribution in [0.3, 0.4) is 0 Å². The quantitative estimate of drug-likeness (QED) is 0.666. The molecule has 26 heavy (non-hydrogen) atoms. The van der Waals surface area contributed by atoms with Crippen LogP contribution in [0.2, 0.25) is 5.02 Å². The van der Waals surface area contributed by atoms with Gasteiger partial charge in [-0.15, -0.1) is 0 Å². The Kier molecular flexibility index (Phi) is 5.73. The van der Waals surface area contributed by atoms with E-state index >= 15 is 0 Å². The van der Waals surface area contributed by atoms with Gasteiger partial charge >= 0.3 is 0 Å². The van der Waals surface area contributed by atoms with Gasteiger partial charge in [0, 0.05) is 31.0 Å². The van der Waals surface area contributed by atoms with Gasteiger partial charge in [0.15, 0.2) is 11.7 Å². The smallest absolute Gasteiger partial charge is 0.226 e. The minimum absolute atomic E-state index is 0.104. The van der Waals surface area contributed by atoms with Crippen LogP contribution in [-0.2, 0) is 17.8 Å². The number of aryl methyl sites for hydroxylation is 1. The molecule has 0 fully saturated rings. The molecule has 0 bridgehead atoms. The molecule has 0 atom stereocenters. The average molecular weight is 373 g/mol. The van der Waals surface area contributed by atoms with Crippen LogP contribution in [0, 0.1) is 5.92 Å². The van der Waals surface area contributed by atoms with Gasteiger partial charge in [-0.25, -0.2) is 9.67 Å². The summed E-state index contributed by atoms with van der Waals surface area (Å²) in [5, 5.41) is 7.72. The van der Waals surface area contributed by atoms with E-state index in [4.69, 9.17) is 16.0 Å². The molecule has 0 saturated heterocycles. The Hall–Kier alpha value is -2.60. The largest absolute Gasteiger partial charge is 0.441 e. The minimum atomic E-state index is -0.104. The Morgan fingerprint density at radius 3 is 2.88 bits per heavy atom. The minimum Gasteiger partial charge on any atom is -0.441 e. The molecule has 2 heterocycles. The Balaban J connectivity index is 1.57. The zero-order valence-corrected chi connectivity index (χ0v) is 15.5. The van der Waals surface area contributed by atoms with Crippen molar-refractivity contribution in [2.24, 2.45) is 5.92 Å². The predicted octanol–water partition coefficient (Wildman–Crippen LogP) is 4.42. The van der Waals surface area contributed by atoms with Crippen LogP contribution < -0.4 is 5.32 Å². The second-order valence-corrected chi connectivity index (χ2v) is 6.85. The molecule has 0 radical (unpaired) electrons. The van der Waals surface area contributed by atoms with E-state index in [9.17, 15) is 4.79 Å². The van der Waals surface area contributed by atoms with Crippen LogP contribution in [-0.4, -0.2) is 20.7 Å². The maximum absolute atomic E-state index is 12.2. The number of rotatable bonds is 7. The standard InChI is InChI=1S/C19H21ClN4O2/c1-13(2)12-24-17(9-10-22-24)23-18(25)7-8-19-21-11-16(26-19)14-5-3-4-6-15(14)20/h3-6,9-11,13H,7-8,12H2,1-2H3,(H,23,25). The summed E-state index contributed by atoms with van der Waals surface area (Å²) in [5.41, 5.74) is 0.787. The third kappa shape index (κ3) is 4.52. The lowest BCUT2D eigenvalue weighted by atomic mass is 10.2. The summed E-state index contributed by atoms with van der Waals surface area (Å²) < 4.78 is 7.51. The van der Waals surface area contributed by atoms with E-state index in [1.807, 2.05) is 18.2 Å². The van der Waals surface area contributed by atoms with Crippen LogP contribution in [0.4, 0.5) is 5.82 Å². The molecule has 0 saturated carbocycles. The zero-order valence-electron chi connectivity index (χ0n) is 14.8. The molecular formula is C19H21ClN4O2. The number of amides is 1. The molecule has 136 valence electrons. The maximum atomic E-state index is 12.2. The van der Waals surface area contributed by atoms with E-state index in [-0.39, 0.29) is 12.3 Å². The maximum Gasteiger partial charge on any atom is 0.226 e. The van der Waals surface area contributed by atoms with Crippen molar-refractivity contribution in [3.63, 3.8) is 0 Å². The fraction of sp³-hybridized carbons (Fsp3) is 0.316. The first-order valence-electron chi connectivity index (χ1n) is 8.54. The first-order valence-corrected chi connectivity index (χ1v) is 8.92. The summed E-state index contributed by atoms with van der Waals surface area (Å²) in [6.07, 6.45) is 4.00. The van der Waals surface area contributed by atoms with E-state index < -0.39 is 0 Å². The summed E-state index contributed by atoms with van der Waals surface area (Å²) in [7, 11) is 0. The lowest BCUT2D eigenvalue weighted by Crippen LogP contribution is -2.17. The van der Waals surface area contributed by atoms with Crippen molar-refractivity contribution < 1.29 is 9.21 Å². The van der Waals surface area contributed by atoms with Gasteiger partial charge in [-0.1, -0.05) is 37.6 Å². The van der Waals surface area contributed by atoms with Crippen LogP contribution in [0.5, 0.6) is 0 Å². The van der Waals surface area contributed by atoms with Gasteiger partial charge in [0.25, 0.3) is 0 Å². The van der Waals surface area contributed by atoms with Crippen molar-refractivity contribution in [1.82, 2.24) is 14.8 Å². The fourth-order valence-electron chi connectivity index (χ4n) is 2.57. The van der Waals surface area contributed by atoms with E-state index in [0.29, 0.717) is 34.8 Å². The molecule has 3 aromatic rings. The summed E-state index contributed by atoms with van der Waals surface area (Å²) >= 11 is 6.17. The molecular weight excluding hydrogens is 352 g/mol. The number of oxazole rings is 1. The summed E-state index contributed by atoms with van der Waals surface area (Å²) in [6, 6.07) is 9.21. The van der Waals surface area contributed by atoms with Gasteiger partial charge in [-0.05, 0) is 18.1 Å². The van der Waals surface area contributed by atoms with Crippen molar-refractivity contribution >= 4 is 23.3 Å². The first-order chi connectivity index (χ1) is 12.5. The second kappa shape index (κ2) is 8.19. The van der Waals surface area contributed by atoms with Gasteiger partial charge in [0.05, 0.1) is 17.4 Å². The van der Waals surface area contributed by atoms with Gasteiger partial charge in [-0.2, -0.15) is 5.10 Å². The van der Waals surface area contributed by atoms with Crippen LogP contribution in [0.15, 0.2) is 47.1 Å². The van der Waals surface area contributed by atoms with Gasteiger partial charge < -0.3 is 9.73 Å². The Morgan fingerprint density at radius 2 is 2.12 bits per heavy atom. The Labute approximate surface area is 157 Å². The molecule has 1 N–H and O–H groups in total. The number of hydrogen-bond donors (Lipinski definition) is 1. The molecule has 6 nitrogen and oxygen atoms in total. The summed E-state index contributed by atoms with van der Waals surface area (Å²) in [6.45, 7) is 4.96. The fourth-order valence-corrected chi connectivity index (χ4v) is 2.80. The highest BCUT2D eigenvalue weighted by atomic mass is 35.5. The second-order valence-electron chi connectivity index (χ2n) is 6.44. The summed E-state index contributed by atoms with van der Waals surface area (Å²) in [5.74, 6) is 2.15. The number of nitrogens with one attached hydrogen (secondary N) is 1. The number of carbonyl (C=O) groups excluding carboxylic acids is 1. The van der Waals surface area contributed by atoms with Crippen molar-refractivity contribution in [3.05, 3.63) is 53.6 Å². The number of aromatic nitrogens is 3. The van der Waals surface area contributed by atoms with Crippen LogP contribution in [0.25, 0.3) is 11.3 Å². The number of nitrogens with zero attached hydrogens (tertiary/aromatic N) is 3. The molecule has 7 heteroatoms. The third-order valence-electron chi connectivity index (χ3n) is 3.78. The molecule has 0 aliphatic heterocycles. The highest BCUT2D eigenvalue weighted by Gasteiger charge is 2.12. The van der Waals surface area contributed by atoms with Gasteiger partial charge in [0.2, 0.25) is 5.91 Å². The van der Waals surface area contributed by atoms with Gasteiger partial charge in [0.1, 0.15) is 5.82 Å². The van der Waals surface area contributed by atoms with Crippen molar-refractivity contribution in [2.75, 3.05) is 5.32 Å². The lowest BCUT2D eigenvalue weighted by molar-refractivity contribution is -0.116. The van der Waals surface area contributed by atoms with Crippen LogP contribution >= 0.6 is 11.6 Å². The van der Waals surface area contributed by atoms with Crippen molar-refractivity contribution in [3.8, 4) is 11.3 Å². The normalized spacial score (nSPS) is 11.1. The molecule has 0 aliphatic carbocycles. The average Bonchev–Trinajstić information content (AvgIpc) is 3.23. The monoisotopic (exact) mass is 372 g/mol. The number of halogens is 1. The number of anilines is 1. The molecule has 1 amide bonds. The Morgan fingerprint density at radius 1 is 1.31 bits per heavy atom. The SMILES string of the molecule is CC(C)Cn1nccc1NC(=O)CCc1ncc(-c2ccccc2Cl)o1. The molecule has 1 aromatic carbocycles. The molecule has 3 rings (SSSR count). The van der Waals surface area contributed by atoms with Crippen LogP contribution in [0.1, 0.15) is 26.2 Å². The topological polar surface area (TPSA) is 73.0 Å². The van der Waals surface area contributed by atoms with Gasteiger partial charge in [-0.3, -0.25) is 4.79 Å². The predicted molar refractivity (Wildman–Crippen MR) is 101 cm³/mol. The van der Waals surface area contributed by atoms with Crippen molar-refractivity contribution in [1.29, 1.82) is 0 Å². The Bertz CT molecular complexity index is 885. The number of carbonyl (C=O) groups is 1. The number of hydrogen-bond acceptors (Lipinski definition) is 4. The molecule has 0 aliphatic rings. The molecule has 0 spiro atoms. The first kappa shape index (κ1) is 18.2. The van der Waals surface area contributed by atoms with E-state index in [1.165, 1.54) is 0 Å². The highest BCUT2D eigenvalue weighted by Crippen LogP contribution is 2.28. The van der Waals surface area contributed by atoms with E-state index in [1.54, 1.807) is 29.2 Å². The lowest BCUT2D eigenvalue weighted by Gasteiger charge is -2.10.